The molecule has 2 aromatic heterocycles. The molecule has 11 nitrogen and oxygen atoms in total. The molecule has 0 unspecified atom stereocenters. The summed E-state index contributed by atoms with van der Waals surface area (Å²) in [5, 5.41) is 28.2. The molecule has 0 aliphatic heterocycles. The van der Waals surface area contributed by atoms with E-state index in [9.17, 15) is 23.2 Å². The van der Waals surface area contributed by atoms with Gasteiger partial charge in [0.15, 0.2) is 5.76 Å². The van der Waals surface area contributed by atoms with E-state index in [0.717, 1.165) is 16.4 Å². The number of halogens is 1. The van der Waals surface area contributed by atoms with E-state index in [4.69, 9.17) is 13.9 Å². The van der Waals surface area contributed by atoms with Gasteiger partial charge in [0.25, 0.3) is 0 Å². The van der Waals surface area contributed by atoms with Gasteiger partial charge in [0, 0.05) is 14.6 Å². The number of hydrogen-bond acceptors (Lipinski definition) is 9. The molecule has 0 aliphatic rings. The van der Waals surface area contributed by atoms with Crippen molar-refractivity contribution < 1.29 is 31.8 Å². The smallest absolute Gasteiger partial charge is 0.246 e. The van der Waals surface area contributed by atoms with E-state index in [2.05, 4.69) is 29.8 Å². The topological polar surface area (TPSA) is 144 Å². The molecule has 14 heteroatoms. The van der Waals surface area contributed by atoms with Gasteiger partial charge in [-0.2, -0.15) is 5.26 Å². The van der Waals surface area contributed by atoms with Crippen LogP contribution in [0.25, 0.3) is 17.3 Å². The summed E-state index contributed by atoms with van der Waals surface area (Å²) in [4.78, 5) is 0. The van der Waals surface area contributed by atoms with E-state index in [-0.39, 0.29) is 29.4 Å². The molecule has 1 N–H and O–H groups in total. The van der Waals surface area contributed by atoms with Crippen molar-refractivity contribution in [1.82, 2.24) is 14.8 Å². The number of benzene rings is 2. The maximum absolute atomic E-state index is 14.5. The van der Waals surface area contributed by atoms with Crippen molar-refractivity contribution in [1.29, 1.82) is 5.26 Å². The number of hydrogen-bond donors (Lipinski definition) is 1. The number of sulfonamides is 1. The Bertz CT molecular complexity index is 1770. The van der Waals surface area contributed by atoms with Crippen molar-refractivity contribution in [3.8, 4) is 34.8 Å². The summed E-state index contributed by atoms with van der Waals surface area (Å²) in [5.41, 5.74) is 0.175. The Hall–Kier alpha value is -4.19. The zero-order valence-electron chi connectivity index (χ0n) is 25.7. The predicted octanol–water partition coefficient (Wildman–Crippen LogP) is 5.46. The second-order valence-corrected chi connectivity index (χ2v) is 19.3. The number of rotatable bonds is 12. The van der Waals surface area contributed by atoms with Crippen LogP contribution in [0.3, 0.4) is 0 Å². The number of furan rings is 1. The van der Waals surface area contributed by atoms with Gasteiger partial charge in [-0.05, 0) is 61.9 Å². The number of para-hydroxylation sites is 1. The largest absolute Gasteiger partial charge is 0.494 e. The second kappa shape index (κ2) is 12.8. The number of methoxy groups -OCH3 is 2. The minimum atomic E-state index is -4.43. The van der Waals surface area contributed by atoms with Crippen molar-refractivity contribution >= 4 is 24.0 Å². The molecule has 44 heavy (non-hydrogen) atoms. The second-order valence-electron chi connectivity index (χ2n) is 11.5. The average Bonchev–Trinajstić information content (AvgIpc) is 3.61. The first kappa shape index (κ1) is 32.7. The van der Waals surface area contributed by atoms with E-state index in [0.29, 0.717) is 34.8 Å². The number of nitriles is 1. The highest BCUT2D eigenvalue weighted by Crippen LogP contribution is 2.40. The van der Waals surface area contributed by atoms with Gasteiger partial charge in [-0.1, -0.05) is 31.8 Å². The van der Waals surface area contributed by atoms with Gasteiger partial charge >= 0.3 is 0 Å². The first-order valence-corrected chi connectivity index (χ1v) is 19.1. The normalized spacial score (nSPS) is 13.3. The van der Waals surface area contributed by atoms with E-state index in [1.54, 1.807) is 37.3 Å². The number of ether oxygens (including phenoxy) is 2. The highest BCUT2D eigenvalue weighted by Gasteiger charge is 2.40. The highest BCUT2D eigenvalue weighted by molar-refractivity contribution is 7.93. The first-order chi connectivity index (χ1) is 20.7. The number of aromatic nitrogens is 3. The molecule has 0 spiro atoms. The molecular weight excluding hydrogens is 606 g/mol. The molecule has 0 radical (unpaired) electrons. The van der Waals surface area contributed by atoms with Gasteiger partial charge in [0.2, 0.25) is 21.8 Å². The van der Waals surface area contributed by atoms with Crippen LogP contribution in [0.4, 0.5) is 10.3 Å². The first-order valence-electron chi connectivity index (χ1n) is 13.9. The summed E-state index contributed by atoms with van der Waals surface area (Å²) in [5.74, 6) is 1.09. The lowest BCUT2D eigenvalue weighted by Crippen LogP contribution is -2.44. The van der Waals surface area contributed by atoms with E-state index in [1.165, 1.54) is 31.8 Å². The Balaban J connectivity index is 1.98. The van der Waals surface area contributed by atoms with Crippen molar-refractivity contribution in [2.75, 3.05) is 25.1 Å². The lowest BCUT2D eigenvalue weighted by molar-refractivity contribution is 0.175. The third-order valence-electron chi connectivity index (χ3n) is 7.20. The molecule has 0 fully saturated rings. The SMILES string of the molecule is COc1cccc(OC)c1-n1c(-c2ccc(C)o2)nnc1N(CC[Si](C)(C)C)S(=O)(=O)[C@H](C)[C@H](O)c1ccc(F)cc1C#N. The van der Waals surface area contributed by atoms with Crippen LogP contribution in [-0.4, -0.2) is 62.4 Å². The number of nitrogens with zero attached hydrogens (tertiary/aromatic N) is 5. The Labute approximate surface area is 257 Å². The number of anilines is 1. The van der Waals surface area contributed by atoms with Gasteiger partial charge in [0.1, 0.15) is 34.0 Å². The lowest BCUT2D eigenvalue weighted by atomic mass is 10.0. The Kier molecular flexibility index (Phi) is 9.52. The zero-order chi connectivity index (χ0) is 32.4. The third-order valence-corrected chi connectivity index (χ3v) is 11.1. The molecule has 0 bridgehead atoms. The standard InChI is InChI=1S/C30H36FN5O6SSi/c1-19-11-14-26(42-19)29-33-34-30(36(29)27-24(40-3)9-8-10-25(27)41-4)35(15-16-44(5,6)7)43(38,39)20(2)28(37)23-13-12-22(31)17-21(23)18-32/h8-14,17,20,28,37H,15-16H2,1-7H3/t20-,28+/m1/s1. The number of aliphatic hydroxyl groups excluding tert-OH is 1. The molecule has 2 heterocycles. The molecule has 4 aromatic rings. The minimum Gasteiger partial charge on any atom is -0.494 e. The fraction of sp³-hybridized carbons (Fsp3) is 0.367. The van der Waals surface area contributed by atoms with E-state index >= 15 is 0 Å². The Morgan fingerprint density at radius 3 is 2.32 bits per heavy atom. The Morgan fingerprint density at radius 2 is 1.77 bits per heavy atom. The van der Waals surface area contributed by atoms with Crippen molar-refractivity contribution in [3.63, 3.8) is 0 Å². The van der Waals surface area contributed by atoms with Crippen LogP contribution in [0.1, 0.15) is 29.9 Å². The van der Waals surface area contributed by atoms with Gasteiger partial charge in [-0.25, -0.2) is 17.1 Å². The molecule has 2 atom stereocenters. The van der Waals surface area contributed by atoms with Gasteiger partial charge in [0.05, 0.1) is 32.0 Å². The summed E-state index contributed by atoms with van der Waals surface area (Å²) >= 11 is 0. The fourth-order valence-corrected chi connectivity index (χ4v) is 7.31. The Morgan fingerprint density at radius 1 is 1.11 bits per heavy atom. The molecule has 4 rings (SSSR count). The molecular formula is C30H36FN5O6SSi. The molecule has 0 amide bonds. The van der Waals surface area contributed by atoms with Gasteiger partial charge in [-0.15, -0.1) is 10.2 Å². The van der Waals surface area contributed by atoms with Gasteiger partial charge in [-0.3, -0.25) is 4.57 Å². The molecule has 2 aromatic carbocycles. The van der Waals surface area contributed by atoms with E-state index < -0.39 is 35.3 Å². The van der Waals surface area contributed by atoms with Crippen LogP contribution in [0.15, 0.2) is 52.9 Å². The summed E-state index contributed by atoms with van der Waals surface area (Å²) in [6.07, 6.45) is -1.66. The van der Waals surface area contributed by atoms with Crippen LogP contribution in [0, 0.1) is 24.1 Å². The zero-order valence-corrected chi connectivity index (χ0v) is 27.5. The third kappa shape index (κ3) is 6.49. The predicted molar refractivity (Wildman–Crippen MR) is 167 cm³/mol. The van der Waals surface area contributed by atoms with Crippen molar-refractivity contribution in [2.45, 2.75) is 50.9 Å². The molecule has 234 valence electrons. The van der Waals surface area contributed by atoms with Crippen molar-refractivity contribution in [2.24, 2.45) is 0 Å². The minimum absolute atomic E-state index is 0.00487. The monoisotopic (exact) mass is 641 g/mol. The van der Waals surface area contributed by atoms with Crippen LogP contribution < -0.4 is 13.8 Å². The number of aliphatic hydroxyl groups is 1. The number of aryl methyl sites for hydroxylation is 1. The maximum Gasteiger partial charge on any atom is 0.246 e. The average molecular weight is 642 g/mol. The van der Waals surface area contributed by atoms with Crippen LogP contribution in [0.2, 0.25) is 25.7 Å². The van der Waals surface area contributed by atoms with E-state index in [1.807, 2.05) is 6.07 Å². The van der Waals surface area contributed by atoms with Crippen LogP contribution in [-0.2, 0) is 10.0 Å². The summed E-state index contributed by atoms with van der Waals surface area (Å²) in [6.45, 7) is 9.47. The lowest BCUT2D eigenvalue weighted by Gasteiger charge is -2.31. The molecule has 0 aliphatic carbocycles. The maximum atomic E-state index is 14.5. The quantitative estimate of drug-likeness (QED) is 0.199. The molecule has 0 saturated carbocycles. The van der Waals surface area contributed by atoms with Gasteiger partial charge < -0.3 is 19.0 Å². The summed E-state index contributed by atoms with van der Waals surface area (Å²) < 4.78 is 62.8. The van der Waals surface area contributed by atoms with Crippen LogP contribution in [0.5, 0.6) is 11.5 Å². The summed E-state index contributed by atoms with van der Waals surface area (Å²) in [7, 11) is -3.31. The highest BCUT2D eigenvalue weighted by atomic mass is 32.2. The summed E-state index contributed by atoms with van der Waals surface area (Å²) in [6, 6.07) is 14.2. The molecule has 0 saturated heterocycles. The fourth-order valence-electron chi connectivity index (χ4n) is 4.69. The van der Waals surface area contributed by atoms with Crippen molar-refractivity contribution in [3.05, 3.63) is 71.2 Å². The van der Waals surface area contributed by atoms with Crippen LogP contribution >= 0.6 is 0 Å².